The van der Waals surface area contributed by atoms with Crippen molar-refractivity contribution in [1.82, 2.24) is 0 Å². The number of hydrogen-bond donors (Lipinski definition) is 2. The Morgan fingerprint density at radius 1 is 1.16 bits per heavy atom. The summed E-state index contributed by atoms with van der Waals surface area (Å²) < 4.78 is 1.95. The van der Waals surface area contributed by atoms with Gasteiger partial charge in [-0.1, -0.05) is 38.9 Å². The molecule has 3 nitrogen and oxygen atoms in total. The van der Waals surface area contributed by atoms with Gasteiger partial charge in [0.05, 0.1) is 0 Å². The topological polar surface area (TPSA) is 58.6 Å². The summed E-state index contributed by atoms with van der Waals surface area (Å²) in [6.07, 6.45) is 0. The van der Waals surface area contributed by atoms with Crippen molar-refractivity contribution in [3.05, 3.63) is 57.0 Å². The molecule has 0 spiro atoms. The summed E-state index contributed by atoms with van der Waals surface area (Å²) in [5.74, 6) is 0.0969. The van der Waals surface area contributed by atoms with Crippen LogP contribution in [-0.2, 0) is 0 Å². The molecule has 6 heteroatoms. The van der Waals surface area contributed by atoms with E-state index in [4.69, 9.17) is 10.9 Å². The predicted octanol–water partition coefficient (Wildman–Crippen LogP) is 4.46. The molecule has 19 heavy (non-hydrogen) atoms. The fourth-order valence-electron chi connectivity index (χ4n) is 1.46. The lowest BCUT2D eigenvalue weighted by atomic mass is 10.2. The Bertz CT molecular complexity index is 632. The van der Waals surface area contributed by atoms with Crippen LogP contribution in [0.5, 0.6) is 0 Å². The van der Waals surface area contributed by atoms with Crippen LogP contribution >= 0.6 is 43.6 Å². The average molecular weight is 402 g/mol. The molecule has 0 aliphatic heterocycles. The maximum Gasteiger partial charge on any atom is 0.170 e. The van der Waals surface area contributed by atoms with E-state index in [2.05, 4.69) is 43.1 Å². The van der Waals surface area contributed by atoms with Gasteiger partial charge < -0.3 is 10.9 Å². The summed E-state index contributed by atoms with van der Waals surface area (Å²) in [5.41, 5.74) is 6.23. The van der Waals surface area contributed by atoms with E-state index in [0.717, 1.165) is 18.7 Å². The minimum Gasteiger partial charge on any atom is -0.409 e. The number of hydrogen-bond acceptors (Lipinski definition) is 3. The standard InChI is InChI=1S/C13H10Br2N2OS/c14-9-2-1-3-10(7-9)19-12-5-4-8(6-11(12)15)13(16)17-18/h1-7,18H,(H2,16,17). The Hall–Kier alpha value is -0.980. The molecule has 2 aromatic rings. The predicted molar refractivity (Wildman–Crippen MR) is 84.9 cm³/mol. The quantitative estimate of drug-likeness (QED) is 0.345. The van der Waals surface area contributed by atoms with Crippen LogP contribution in [0.4, 0.5) is 0 Å². The zero-order valence-corrected chi connectivity index (χ0v) is 13.7. The first-order valence-electron chi connectivity index (χ1n) is 5.31. The third-order valence-corrected chi connectivity index (χ3v) is 4.84. The molecule has 2 aromatic carbocycles. The van der Waals surface area contributed by atoms with E-state index < -0.39 is 0 Å². The van der Waals surface area contributed by atoms with Crippen LogP contribution in [-0.4, -0.2) is 11.0 Å². The average Bonchev–Trinajstić information content (AvgIpc) is 2.40. The number of amidine groups is 1. The molecular weight excluding hydrogens is 392 g/mol. The van der Waals surface area contributed by atoms with Gasteiger partial charge in [0.1, 0.15) is 0 Å². The lowest BCUT2D eigenvalue weighted by Gasteiger charge is -2.07. The van der Waals surface area contributed by atoms with Crippen molar-refractivity contribution in [2.45, 2.75) is 9.79 Å². The van der Waals surface area contributed by atoms with Gasteiger partial charge in [0.15, 0.2) is 5.84 Å². The van der Waals surface area contributed by atoms with Crippen LogP contribution in [0.1, 0.15) is 5.56 Å². The van der Waals surface area contributed by atoms with E-state index >= 15 is 0 Å². The molecule has 0 fully saturated rings. The summed E-state index contributed by atoms with van der Waals surface area (Å²) in [4.78, 5) is 2.19. The highest BCUT2D eigenvalue weighted by molar-refractivity contribution is 9.10. The maximum absolute atomic E-state index is 8.65. The Kier molecular flexibility index (Phi) is 4.90. The zero-order chi connectivity index (χ0) is 13.8. The SMILES string of the molecule is N/C(=N/O)c1ccc(Sc2cccc(Br)c2)c(Br)c1. The van der Waals surface area contributed by atoms with Crippen LogP contribution in [0.2, 0.25) is 0 Å². The number of rotatable bonds is 3. The van der Waals surface area contributed by atoms with Gasteiger partial charge in [0.2, 0.25) is 0 Å². The third-order valence-electron chi connectivity index (χ3n) is 2.36. The minimum absolute atomic E-state index is 0.0969. The normalized spacial score (nSPS) is 11.6. The largest absolute Gasteiger partial charge is 0.409 e. The second-order valence-corrected chi connectivity index (χ2v) is 6.58. The Balaban J connectivity index is 2.27. The highest BCUT2D eigenvalue weighted by Gasteiger charge is 2.06. The van der Waals surface area contributed by atoms with E-state index in [1.807, 2.05) is 36.4 Å². The second-order valence-electron chi connectivity index (χ2n) is 3.69. The van der Waals surface area contributed by atoms with E-state index in [1.54, 1.807) is 11.8 Å². The van der Waals surface area contributed by atoms with E-state index in [-0.39, 0.29) is 5.84 Å². The molecule has 0 amide bonds. The van der Waals surface area contributed by atoms with Crippen molar-refractivity contribution in [2.75, 3.05) is 0 Å². The van der Waals surface area contributed by atoms with Crippen molar-refractivity contribution >= 4 is 49.5 Å². The number of oxime groups is 1. The summed E-state index contributed by atoms with van der Waals surface area (Å²) in [6, 6.07) is 13.7. The van der Waals surface area contributed by atoms with Gasteiger partial charge >= 0.3 is 0 Å². The second kappa shape index (κ2) is 6.45. The molecule has 0 aliphatic carbocycles. The van der Waals surface area contributed by atoms with E-state index in [9.17, 15) is 0 Å². The molecule has 0 aromatic heterocycles. The van der Waals surface area contributed by atoms with Gasteiger partial charge in [-0.05, 0) is 52.3 Å². The fourth-order valence-corrected chi connectivity index (χ4v) is 3.51. The highest BCUT2D eigenvalue weighted by atomic mass is 79.9. The van der Waals surface area contributed by atoms with E-state index in [0.29, 0.717) is 5.56 Å². The molecule has 0 heterocycles. The smallest absolute Gasteiger partial charge is 0.170 e. The van der Waals surface area contributed by atoms with E-state index in [1.165, 1.54) is 0 Å². The van der Waals surface area contributed by atoms with Crippen LogP contribution < -0.4 is 5.73 Å². The molecule has 3 N–H and O–H groups in total. The molecule has 0 radical (unpaired) electrons. The molecule has 0 atom stereocenters. The van der Waals surface area contributed by atoms with Gasteiger partial charge in [0.25, 0.3) is 0 Å². The van der Waals surface area contributed by atoms with Crippen LogP contribution in [0, 0.1) is 0 Å². The molecule has 0 unspecified atom stereocenters. The molecule has 0 aliphatic rings. The maximum atomic E-state index is 8.65. The summed E-state index contributed by atoms with van der Waals surface area (Å²) in [7, 11) is 0. The molecule has 0 saturated heterocycles. The molecule has 98 valence electrons. The van der Waals surface area contributed by atoms with Gasteiger partial charge in [-0.25, -0.2) is 0 Å². The van der Waals surface area contributed by atoms with Gasteiger partial charge in [-0.15, -0.1) is 0 Å². The van der Waals surface area contributed by atoms with Crippen LogP contribution in [0.15, 0.2) is 66.4 Å². The Morgan fingerprint density at radius 3 is 2.58 bits per heavy atom. The van der Waals surface area contributed by atoms with Crippen LogP contribution in [0.25, 0.3) is 0 Å². The van der Waals surface area contributed by atoms with Crippen molar-refractivity contribution in [1.29, 1.82) is 0 Å². The van der Waals surface area contributed by atoms with Gasteiger partial charge in [-0.3, -0.25) is 0 Å². The number of nitrogens with zero attached hydrogens (tertiary/aromatic N) is 1. The third kappa shape index (κ3) is 3.75. The van der Waals surface area contributed by atoms with Crippen molar-refractivity contribution in [3.8, 4) is 0 Å². The summed E-state index contributed by atoms with van der Waals surface area (Å²) in [6.45, 7) is 0. The van der Waals surface area contributed by atoms with Gasteiger partial charge in [0, 0.05) is 24.3 Å². The Morgan fingerprint density at radius 2 is 1.95 bits per heavy atom. The van der Waals surface area contributed by atoms with Crippen molar-refractivity contribution in [3.63, 3.8) is 0 Å². The zero-order valence-electron chi connectivity index (χ0n) is 9.68. The first kappa shape index (κ1) is 14.4. The molecule has 2 rings (SSSR count). The molecular formula is C13H10Br2N2OS. The lowest BCUT2D eigenvalue weighted by Crippen LogP contribution is -2.12. The first-order chi connectivity index (χ1) is 9.10. The first-order valence-corrected chi connectivity index (χ1v) is 7.71. The lowest BCUT2D eigenvalue weighted by molar-refractivity contribution is 0.318. The number of benzene rings is 2. The van der Waals surface area contributed by atoms with Crippen molar-refractivity contribution in [2.24, 2.45) is 10.9 Å². The number of halogens is 2. The summed E-state index contributed by atoms with van der Waals surface area (Å²) in [5, 5.41) is 11.6. The van der Waals surface area contributed by atoms with Gasteiger partial charge in [-0.2, -0.15) is 0 Å². The minimum atomic E-state index is 0.0969. The highest BCUT2D eigenvalue weighted by Crippen LogP contribution is 2.34. The molecule has 0 saturated carbocycles. The fraction of sp³-hybridized carbons (Fsp3) is 0. The Labute approximate surface area is 132 Å². The van der Waals surface area contributed by atoms with Crippen LogP contribution in [0.3, 0.4) is 0 Å². The monoisotopic (exact) mass is 400 g/mol. The van der Waals surface area contributed by atoms with Crippen molar-refractivity contribution < 1.29 is 5.21 Å². The number of nitrogens with two attached hydrogens (primary N) is 1. The molecule has 0 bridgehead atoms. The summed E-state index contributed by atoms with van der Waals surface area (Å²) >= 11 is 8.58.